The Hall–Kier alpha value is -0.490. The van der Waals surface area contributed by atoms with Gasteiger partial charge in [-0.3, -0.25) is 9.88 Å². The second kappa shape index (κ2) is 8.58. The summed E-state index contributed by atoms with van der Waals surface area (Å²) in [6, 6.07) is 4.39. The van der Waals surface area contributed by atoms with Gasteiger partial charge in [0.15, 0.2) is 0 Å². The van der Waals surface area contributed by atoms with Crippen LogP contribution in [0.5, 0.6) is 0 Å². The van der Waals surface area contributed by atoms with Crippen LogP contribution in [0, 0.1) is 0 Å². The van der Waals surface area contributed by atoms with E-state index in [-0.39, 0.29) is 0 Å². The molecular weight excluding hydrogens is 296 g/mol. The molecule has 0 bridgehead atoms. The van der Waals surface area contributed by atoms with Crippen molar-refractivity contribution in [2.24, 2.45) is 0 Å². The van der Waals surface area contributed by atoms with Crippen LogP contribution in [0.3, 0.4) is 0 Å². The van der Waals surface area contributed by atoms with Gasteiger partial charge in [-0.1, -0.05) is 0 Å². The highest BCUT2D eigenvalue weighted by atomic mass is 79.9. The van der Waals surface area contributed by atoms with Crippen molar-refractivity contribution in [1.82, 2.24) is 9.88 Å². The predicted molar refractivity (Wildman–Crippen MR) is 75.6 cm³/mol. The molecule has 0 amide bonds. The summed E-state index contributed by atoms with van der Waals surface area (Å²) in [6.45, 7) is 5.25. The van der Waals surface area contributed by atoms with Crippen molar-refractivity contribution in [1.29, 1.82) is 0 Å². The van der Waals surface area contributed by atoms with E-state index in [2.05, 4.69) is 32.7 Å². The van der Waals surface area contributed by atoms with Gasteiger partial charge in [0.2, 0.25) is 0 Å². The van der Waals surface area contributed by atoms with Crippen LogP contribution in [0.4, 0.5) is 0 Å². The molecule has 0 aliphatic rings. The van der Waals surface area contributed by atoms with Crippen LogP contribution in [-0.2, 0) is 16.0 Å². The van der Waals surface area contributed by atoms with Gasteiger partial charge < -0.3 is 9.47 Å². The maximum atomic E-state index is 5.21. The van der Waals surface area contributed by atoms with E-state index in [1.807, 2.05) is 18.3 Å². The minimum absolute atomic E-state index is 0.343. The van der Waals surface area contributed by atoms with Gasteiger partial charge in [0.25, 0.3) is 0 Å². The molecule has 1 heterocycles. The van der Waals surface area contributed by atoms with Gasteiger partial charge in [0.1, 0.15) is 0 Å². The van der Waals surface area contributed by atoms with Crippen LogP contribution < -0.4 is 0 Å². The van der Waals surface area contributed by atoms with Gasteiger partial charge in [-0.05, 0) is 35.0 Å². The minimum atomic E-state index is 0.343. The number of nitrogens with zero attached hydrogens (tertiary/aromatic N) is 2. The molecule has 0 N–H and O–H groups in total. The minimum Gasteiger partial charge on any atom is -0.383 e. The zero-order valence-corrected chi connectivity index (χ0v) is 12.8. The highest BCUT2D eigenvalue weighted by Gasteiger charge is 2.14. The molecule has 1 unspecified atom stereocenters. The first-order valence-corrected chi connectivity index (χ1v) is 6.79. The van der Waals surface area contributed by atoms with Crippen LogP contribution in [0.15, 0.2) is 22.8 Å². The average Bonchev–Trinajstić information content (AvgIpc) is 2.37. The van der Waals surface area contributed by atoms with Gasteiger partial charge in [-0.2, -0.15) is 0 Å². The summed E-state index contributed by atoms with van der Waals surface area (Å²) in [5.74, 6) is 0. The Balaban J connectivity index is 2.61. The first-order valence-electron chi connectivity index (χ1n) is 5.99. The number of halogens is 1. The quantitative estimate of drug-likeness (QED) is 0.737. The van der Waals surface area contributed by atoms with Crippen LogP contribution in [0.2, 0.25) is 0 Å². The molecule has 0 aromatic carbocycles. The number of pyridine rings is 1. The second-order valence-corrected chi connectivity index (χ2v) is 5.15. The first kappa shape index (κ1) is 15.6. The molecule has 1 aromatic rings. The summed E-state index contributed by atoms with van der Waals surface area (Å²) in [6.07, 6.45) is 1.82. The lowest BCUT2D eigenvalue weighted by Crippen LogP contribution is -2.38. The van der Waals surface area contributed by atoms with Gasteiger partial charge in [0, 0.05) is 44.0 Å². The van der Waals surface area contributed by atoms with Crippen LogP contribution in [-0.4, -0.2) is 49.9 Å². The first-order chi connectivity index (χ1) is 8.67. The van der Waals surface area contributed by atoms with Crippen molar-refractivity contribution in [2.45, 2.75) is 19.5 Å². The second-order valence-electron chi connectivity index (χ2n) is 4.24. The van der Waals surface area contributed by atoms with E-state index in [1.54, 1.807) is 14.2 Å². The number of aromatic nitrogens is 1. The Morgan fingerprint density at radius 1 is 1.33 bits per heavy atom. The Morgan fingerprint density at radius 2 is 2.11 bits per heavy atom. The largest absolute Gasteiger partial charge is 0.383 e. The molecule has 0 fully saturated rings. The lowest BCUT2D eigenvalue weighted by atomic mass is 10.2. The third-order valence-corrected chi connectivity index (χ3v) is 3.24. The maximum Gasteiger partial charge on any atom is 0.0615 e. The van der Waals surface area contributed by atoms with Gasteiger partial charge in [-0.25, -0.2) is 0 Å². The van der Waals surface area contributed by atoms with E-state index < -0.39 is 0 Å². The molecular formula is C13H21BrN2O2. The molecule has 0 aliphatic carbocycles. The molecule has 0 aliphatic heterocycles. The third-order valence-electron chi connectivity index (χ3n) is 2.77. The number of hydrogen-bond acceptors (Lipinski definition) is 4. The zero-order chi connectivity index (χ0) is 13.4. The molecule has 0 spiro atoms. The Bertz CT molecular complexity index is 332. The standard InChI is InChI=1S/C13H21BrN2O2/c1-11(10-18-3)16(6-7-17-2)9-13-5-4-12(14)8-15-13/h4-5,8,11H,6-7,9-10H2,1-3H3. The summed E-state index contributed by atoms with van der Waals surface area (Å²) in [7, 11) is 3.44. The van der Waals surface area contributed by atoms with Crippen molar-refractivity contribution < 1.29 is 9.47 Å². The monoisotopic (exact) mass is 316 g/mol. The smallest absolute Gasteiger partial charge is 0.0615 e. The van der Waals surface area contributed by atoms with E-state index in [1.165, 1.54) is 0 Å². The van der Waals surface area contributed by atoms with E-state index in [0.717, 1.165) is 23.3 Å². The van der Waals surface area contributed by atoms with Crippen molar-refractivity contribution in [3.8, 4) is 0 Å². The van der Waals surface area contributed by atoms with Gasteiger partial charge in [0.05, 0.1) is 18.9 Å². The van der Waals surface area contributed by atoms with Gasteiger partial charge >= 0.3 is 0 Å². The maximum absolute atomic E-state index is 5.21. The summed E-state index contributed by atoms with van der Waals surface area (Å²) < 4.78 is 11.4. The molecule has 1 rings (SSSR count). The number of ether oxygens (including phenoxy) is 2. The predicted octanol–water partition coefficient (Wildman–Crippen LogP) is 2.33. The lowest BCUT2D eigenvalue weighted by Gasteiger charge is -2.28. The molecule has 0 saturated carbocycles. The van der Waals surface area contributed by atoms with E-state index in [0.29, 0.717) is 19.3 Å². The summed E-state index contributed by atoms with van der Waals surface area (Å²) in [4.78, 5) is 6.71. The van der Waals surface area contributed by atoms with E-state index >= 15 is 0 Å². The van der Waals surface area contributed by atoms with Crippen molar-refractivity contribution >= 4 is 15.9 Å². The molecule has 4 nitrogen and oxygen atoms in total. The molecule has 1 aromatic heterocycles. The molecule has 5 heteroatoms. The third kappa shape index (κ3) is 5.44. The van der Waals surface area contributed by atoms with Crippen LogP contribution in [0.25, 0.3) is 0 Å². The van der Waals surface area contributed by atoms with E-state index in [4.69, 9.17) is 9.47 Å². The van der Waals surface area contributed by atoms with Crippen molar-refractivity contribution in [3.63, 3.8) is 0 Å². The highest BCUT2D eigenvalue weighted by Crippen LogP contribution is 2.11. The van der Waals surface area contributed by atoms with Crippen LogP contribution >= 0.6 is 15.9 Å². The average molecular weight is 317 g/mol. The summed E-state index contributed by atoms with van der Waals surface area (Å²) in [5, 5.41) is 0. The Morgan fingerprint density at radius 3 is 2.67 bits per heavy atom. The van der Waals surface area contributed by atoms with Gasteiger partial charge in [-0.15, -0.1) is 0 Å². The Labute approximate surface area is 117 Å². The zero-order valence-electron chi connectivity index (χ0n) is 11.2. The fraction of sp³-hybridized carbons (Fsp3) is 0.615. The SMILES string of the molecule is COCCN(Cc1ccc(Br)cn1)C(C)COC. The fourth-order valence-corrected chi connectivity index (χ4v) is 1.95. The van der Waals surface area contributed by atoms with Crippen LogP contribution in [0.1, 0.15) is 12.6 Å². The number of methoxy groups -OCH3 is 2. The number of hydrogen-bond donors (Lipinski definition) is 0. The molecule has 102 valence electrons. The highest BCUT2D eigenvalue weighted by molar-refractivity contribution is 9.10. The molecule has 0 radical (unpaired) electrons. The van der Waals surface area contributed by atoms with Crippen molar-refractivity contribution in [2.75, 3.05) is 34.0 Å². The normalized spacial score (nSPS) is 12.9. The summed E-state index contributed by atoms with van der Waals surface area (Å²) >= 11 is 3.39. The topological polar surface area (TPSA) is 34.6 Å². The molecule has 1 atom stereocenters. The number of rotatable bonds is 8. The summed E-state index contributed by atoms with van der Waals surface area (Å²) in [5.41, 5.74) is 1.05. The molecule has 0 saturated heterocycles. The molecule has 18 heavy (non-hydrogen) atoms. The fourth-order valence-electron chi connectivity index (χ4n) is 1.72. The lowest BCUT2D eigenvalue weighted by molar-refractivity contribution is 0.0697. The van der Waals surface area contributed by atoms with Crippen molar-refractivity contribution in [3.05, 3.63) is 28.5 Å². The van der Waals surface area contributed by atoms with E-state index in [9.17, 15) is 0 Å². The Kier molecular flexibility index (Phi) is 7.42.